The molecule has 0 aliphatic carbocycles. The van der Waals surface area contributed by atoms with Crippen LogP contribution < -0.4 is 4.72 Å². The van der Waals surface area contributed by atoms with Crippen LogP contribution in [-0.2, 0) is 24.3 Å². The highest BCUT2D eigenvalue weighted by molar-refractivity contribution is 7.90. The lowest BCUT2D eigenvalue weighted by molar-refractivity contribution is -0.129. The van der Waals surface area contributed by atoms with Crippen molar-refractivity contribution in [3.63, 3.8) is 0 Å². The van der Waals surface area contributed by atoms with Gasteiger partial charge in [-0.1, -0.05) is 6.08 Å². The van der Waals surface area contributed by atoms with Crippen LogP contribution in [0.4, 0.5) is 0 Å². The molecular formula is C13H17NO6S2. The number of hydrogen-bond donors (Lipinski definition) is 1. The van der Waals surface area contributed by atoms with Gasteiger partial charge in [-0.2, -0.15) is 0 Å². The fourth-order valence-corrected chi connectivity index (χ4v) is 3.80. The summed E-state index contributed by atoms with van der Waals surface area (Å²) in [5.74, 6) is -1.59. The fraction of sp³-hybridized carbons (Fsp3) is 0.385. The molecule has 0 aliphatic rings. The summed E-state index contributed by atoms with van der Waals surface area (Å²) in [6.45, 7) is 5.20. The summed E-state index contributed by atoms with van der Waals surface area (Å²) in [7, 11) is -3.02. The van der Waals surface area contributed by atoms with E-state index in [1.807, 2.05) is 4.72 Å². The number of sulfonamides is 1. The van der Waals surface area contributed by atoms with Gasteiger partial charge in [0.25, 0.3) is 15.9 Å². The van der Waals surface area contributed by atoms with Gasteiger partial charge in [0, 0.05) is 0 Å². The number of methoxy groups -OCH3 is 1. The number of nitrogens with one attached hydrogen (secondary N) is 1. The number of thiophene rings is 1. The highest BCUT2D eigenvalue weighted by Gasteiger charge is 2.28. The number of carbonyl (C=O) groups is 2. The lowest BCUT2D eigenvalue weighted by atomic mass is 10.4. The summed E-state index contributed by atoms with van der Waals surface area (Å²) < 4.78 is 35.9. The van der Waals surface area contributed by atoms with Crippen LogP contribution in [-0.4, -0.2) is 40.1 Å². The van der Waals surface area contributed by atoms with E-state index in [2.05, 4.69) is 11.3 Å². The third-order valence-electron chi connectivity index (χ3n) is 2.58. The molecule has 22 heavy (non-hydrogen) atoms. The minimum atomic E-state index is -4.17. The van der Waals surface area contributed by atoms with E-state index in [-0.39, 0.29) is 16.4 Å². The Balaban J connectivity index is 2.83. The maximum atomic E-state index is 12.2. The molecule has 1 aromatic rings. The molecule has 0 bridgehead atoms. The second-order valence-electron chi connectivity index (χ2n) is 4.17. The average Bonchev–Trinajstić information content (AvgIpc) is 2.96. The summed E-state index contributed by atoms with van der Waals surface area (Å²) in [6.07, 6.45) is 1.21. The van der Waals surface area contributed by atoms with Gasteiger partial charge >= 0.3 is 5.97 Å². The first-order valence-electron chi connectivity index (χ1n) is 6.28. The summed E-state index contributed by atoms with van der Waals surface area (Å²) in [6, 6.07) is 1.23. The molecule has 1 heterocycles. The quantitative estimate of drug-likeness (QED) is 0.433. The fourth-order valence-electron chi connectivity index (χ4n) is 1.42. The summed E-state index contributed by atoms with van der Waals surface area (Å²) >= 11 is 0.914. The van der Waals surface area contributed by atoms with Crippen molar-refractivity contribution in [2.75, 3.05) is 13.7 Å². The molecule has 0 unspecified atom stereocenters. The molecule has 0 aliphatic heterocycles. The molecule has 0 fully saturated rings. The minimum Gasteiger partial charge on any atom is -0.465 e. The SMILES string of the molecule is C=CCCO[C@H](C)C(=O)NS(=O)(=O)c1ccsc1C(=O)OC. The number of carbonyl (C=O) groups excluding carboxylic acids is 2. The number of amides is 1. The maximum absolute atomic E-state index is 12.2. The van der Waals surface area contributed by atoms with Crippen molar-refractivity contribution < 1.29 is 27.5 Å². The van der Waals surface area contributed by atoms with Crippen molar-refractivity contribution in [1.82, 2.24) is 4.72 Å². The van der Waals surface area contributed by atoms with Crippen molar-refractivity contribution in [2.45, 2.75) is 24.3 Å². The Morgan fingerprint density at radius 1 is 1.50 bits per heavy atom. The van der Waals surface area contributed by atoms with Crippen molar-refractivity contribution in [3.05, 3.63) is 29.0 Å². The van der Waals surface area contributed by atoms with Crippen LogP contribution in [0, 0.1) is 0 Å². The molecule has 0 spiro atoms. The predicted molar refractivity (Wildman–Crippen MR) is 81.2 cm³/mol. The summed E-state index contributed by atoms with van der Waals surface area (Å²) in [4.78, 5) is 23.0. The number of ether oxygens (including phenoxy) is 2. The molecule has 1 rings (SSSR count). The first-order valence-corrected chi connectivity index (χ1v) is 8.64. The topological polar surface area (TPSA) is 98.8 Å². The molecular weight excluding hydrogens is 330 g/mol. The molecule has 1 aromatic heterocycles. The van der Waals surface area contributed by atoms with Crippen molar-refractivity contribution in [2.24, 2.45) is 0 Å². The number of esters is 1. The van der Waals surface area contributed by atoms with Gasteiger partial charge < -0.3 is 9.47 Å². The van der Waals surface area contributed by atoms with Crippen LogP contribution in [0.5, 0.6) is 0 Å². The second kappa shape index (κ2) is 8.06. The van der Waals surface area contributed by atoms with Crippen molar-refractivity contribution >= 4 is 33.2 Å². The molecule has 0 saturated carbocycles. The molecule has 9 heteroatoms. The van der Waals surface area contributed by atoms with Crippen LogP contribution in [0.3, 0.4) is 0 Å². The Morgan fingerprint density at radius 3 is 2.77 bits per heavy atom. The zero-order valence-electron chi connectivity index (χ0n) is 12.2. The zero-order chi connectivity index (χ0) is 16.8. The van der Waals surface area contributed by atoms with Gasteiger partial charge in [0.05, 0.1) is 13.7 Å². The normalized spacial score (nSPS) is 12.5. The molecule has 1 N–H and O–H groups in total. The first-order chi connectivity index (χ1) is 10.3. The third-order valence-corrected chi connectivity index (χ3v) is 5.00. The molecule has 0 saturated heterocycles. The Morgan fingerprint density at radius 2 is 2.18 bits per heavy atom. The lowest BCUT2D eigenvalue weighted by Gasteiger charge is -2.13. The van der Waals surface area contributed by atoms with Crippen molar-refractivity contribution in [1.29, 1.82) is 0 Å². The molecule has 7 nitrogen and oxygen atoms in total. The maximum Gasteiger partial charge on any atom is 0.349 e. The Bertz CT molecular complexity index is 649. The van der Waals surface area contributed by atoms with Gasteiger partial charge in [-0.05, 0) is 24.8 Å². The van der Waals surface area contributed by atoms with Gasteiger partial charge in [-0.15, -0.1) is 17.9 Å². The van der Waals surface area contributed by atoms with Crippen LogP contribution in [0.25, 0.3) is 0 Å². The highest BCUT2D eigenvalue weighted by Crippen LogP contribution is 2.22. The average molecular weight is 347 g/mol. The molecule has 122 valence electrons. The first kappa shape index (κ1) is 18.3. The molecule has 1 atom stereocenters. The van der Waals surface area contributed by atoms with E-state index in [1.54, 1.807) is 6.08 Å². The standard InChI is InChI=1S/C13H17NO6S2/c1-4-5-7-20-9(2)12(15)14-22(17,18)10-6-8-21-11(10)13(16)19-3/h4,6,8-9H,1,5,7H2,2-3H3,(H,14,15)/t9-/m1/s1. The largest absolute Gasteiger partial charge is 0.465 e. The Kier molecular flexibility index (Phi) is 6.72. The summed E-state index contributed by atoms with van der Waals surface area (Å²) in [5.41, 5.74) is 0. The third kappa shape index (κ3) is 4.65. The van der Waals surface area contributed by atoms with Gasteiger partial charge in [-0.25, -0.2) is 17.9 Å². The molecule has 0 aromatic carbocycles. The number of hydrogen-bond acceptors (Lipinski definition) is 7. The van der Waals surface area contributed by atoms with Crippen LogP contribution in [0.1, 0.15) is 23.0 Å². The van der Waals surface area contributed by atoms with Crippen LogP contribution >= 0.6 is 11.3 Å². The summed E-state index contributed by atoms with van der Waals surface area (Å²) in [5, 5.41) is 1.43. The van der Waals surface area contributed by atoms with Gasteiger partial charge in [-0.3, -0.25) is 4.79 Å². The lowest BCUT2D eigenvalue weighted by Crippen LogP contribution is -2.39. The van der Waals surface area contributed by atoms with Gasteiger partial charge in [0.15, 0.2) is 0 Å². The van der Waals surface area contributed by atoms with E-state index in [4.69, 9.17) is 4.74 Å². The smallest absolute Gasteiger partial charge is 0.349 e. The molecule has 0 radical (unpaired) electrons. The zero-order valence-corrected chi connectivity index (χ0v) is 13.8. The van der Waals surface area contributed by atoms with Gasteiger partial charge in [0.2, 0.25) is 0 Å². The molecule has 1 amide bonds. The van der Waals surface area contributed by atoms with E-state index in [0.29, 0.717) is 6.42 Å². The van der Waals surface area contributed by atoms with Gasteiger partial charge in [0.1, 0.15) is 15.9 Å². The van der Waals surface area contributed by atoms with E-state index < -0.39 is 28.0 Å². The Labute approximate surface area is 133 Å². The monoisotopic (exact) mass is 347 g/mol. The van der Waals surface area contributed by atoms with Crippen molar-refractivity contribution in [3.8, 4) is 0 Å². The predicted octanol–water partition coefficient (Wildman–Crippen LogP) is 1.32. The highest BCUT2D eigenvalue weighted by atomic mass is 32.2. The van der Waals surface area contributed by atoms with Crippen LogP contribution in [0.2, 0.25) is 0 Å². The minimum absolute atomic E-state index is 0.0944. The van der Waals surface area contributed by atoms with E-state index in [0.717, 1.165) is 18.4 Å². The Hall–Kier alpha value is -1.71. The van der Waals surface area contributed by atoms with E-state index in [1.165, 1.54) is 18.4 Å². The van der Waals surface area contributed by atoms with Crippen LogP contribution in [0.15, 0.2) is 29.0 Å². The van der Waals surface area contributed by atoms with E-state index >= 15 is 0 Å². The second-order valence-corrected chi connectivity index (χ2v) is 6.73. The number of rotatable bonds is 8. The van der Waals surface area contributed by atoms with E-state index in [9.17, 15) is 18.0 Å².